The number of likely N-dealkylation sites (tertiary alicyclic amines) is 2. The van der Waals surface area contributed by atoms with Crippen molar-refractivity contribution in [3.05, 3.63) is 35.9 Å². The van der Waals surface area contributed by atoms with Gasteiger partial charge in [0.25, 0.3) is 0 Å². The number of benzene rings is 1. The van der Waals surface area contributed by atoms with Crippen LogP contribution in [-0.2, 0) is 11.3 Å². The minimum Gasteiger partial charge on any atom is -0.340 e. The lowest BCUT2D eigenvalue weighted by Gasteiger charge is -2.36. The maximum atomic E-state index is 12.6. The number of carbonyl (C=O) groups excluding carboxylic acids is 1. The Bertz CT molecular complexity index is 534. The molecule has 0 radical (unpaired) electrons. The molecular weight excluding hydrogens is 272 g/mol. The van der Waals surface area contributed by atoms with E-state index < -0.39 is 0 Å². The van der Waals surface area contributed by atoms with Gasteiger partial charge in [0.15, 0.2) is 0 Å². The molecule has 0 saturated carbocycles. The van der Waals surface area contributed by atoms with Crippen molar-refractivity contribution in [2.45, 2.75) is 52.1 Å². The van der Waals surface area contributed by atoms with Crippen molar-refractivity contribution in [1.29, 1.82) is 0 Å². The normalized spacial score (nSPS) is 26.0. The topological polar surface area (TPSA) is 23.6 Å². The largest absolute Gasteiger partial charge is 0.340 e. The van der Waals surface area contributed by atoms with Gasteiger partial charge in [0.1, 0.15) is 0 Å². The van der Waals surface area contributed by atoms with Gasteiger partial charge in [-0.3, -0.25) is 9.69 Å². The third-order valence-corrected chi connectivity index (χ3v) is 5.22. The molecule has 0 bridgehead atoms. The molecule has 2 heterocycles. The van der Waals surface area contributed by atoms with Crippen LogP contribution in [0.15, 0.2) is 30.3 Å². The first-order valence-electron chi connectivity index (χ1n) is 8.49. The average Bonchev–Trinajstić information content (AvgIpc) is 3.07. The second kappa shape index (κ2) is 5.69. The molecule has 3 nitrogen and oxygen atoms in total. The first kappa shape index (κ1) is 15.5. The Hall–Kier alpha value is -1.35. The fraction of sp³-hybridized carbons (Fsp3) is 0.632. The summed E-state index contributed by atoms with van der Waals surface area (Å²) in [6, 6.07) is 10.7. The maximum Gasteiger partial charge on any atom is 0.228 e. The van der Waals surface area contributed by atoms with Gasteiger partial charge in [-0.15, -0.1) is 0 Å². The van der Waals surface area contributed by atoms with Crippen LogP contribution in [0.3, 0.4) is 0 Å². The van der Waals surface area contributed by atoms with Crippen LogP contribution in [-0.4, -0.2) is 40.9 Å². The van der Waals surface area contributed by atoms with E-state index in [2.05, 4.69) is 40.1 Å². The SMILES string of the molecule is CC(C)(C)C(=O)N1CCC2(CCCN2Cc2ccccc2)C1. The summed E-state index contributed by atoms with van der Waals surface area (Å²) >= 11 is 0. The van der Waals surface area contributed by atoms with Crippen molar-refractivity contribution in [3.63, 3.8) is 0 Å². The quantitative estimate of drug-likeness (QED) is 0.836. The molecular formula is C19H28N2O. The highest BCUT2D eigenvalue weighted by Gasteiger charge is 2.47. The van der Waals surface area contributed by atoms with E-state index in [0.717, 1.165) is 32.6 Å². The smallest absolute Gasteiger partial charge is 0.228 e. The highest BCUT2D eigenvalue weighted by atomic mass is 16.2. The van der Waals surface area contributed by atoms with Crippen molar-refractivity contribution in [2.75, 3.05) is 19.6 Å². The van der Waals surface area contributed by atoms with Crippen LogP contribution in [0.25, 0.3) is 0 Å². The third kappa shape index (κ3) is 2.91. The zero-order chi connectivity index (χ0) is 15.8. The lowest BCUT2D eigenvalue weighted by atomic mass is 9.93. The molecule has 120 valence electrons. The molecule has 1 unspecified atom stereocenters. The molecule has 1 atom stereocenters. The van der Waals surface area contributed by atoms with Crippen LogP contribution in [0, 0.1) is 5.41 Å². The Kier molecular flexibility index (Phi) is 4.02. The van der Waals surface area contributed by atoms with Gasteiger partial charge < -0.3 is 4.90 Å². The van der Waals surface area contributed by atoms with Crippen molar-refractivity contribution in [3.8, 4) is 0 Å². The minimum absolute atomic E-state index is 0.219. The molecule has 2 fully saturated rings. The van der Waals surface area contributed by atoms with Gasteiger partial charge in [0.2, 0.25) is 5.91 Å². The minimum atomic E-state index is -0.269. The molecule has 1 spiro atoms. The van der Waals surface area contributed by atoms with E-state index in [4.69, 9.17) is 0 Å². The summed E-state index contributed by atoms with van der Waals surface area (Å²) in [5, 5.41) is 0. The molecule has 2 saturated heterocycles. The van der Waals surface area contributed by atoms with E-state index in [1.165, 1.54) is 18.4 Å². The zero-order valence-corrected chi connectivity index (χ0v) is 14.1. The van der Waals surface area contributed by atoms with Gasteiger partial charge in [-0.05, 0) is 31.4 Å². The number of rotatable bonds is 2. The Morgan fingerprint density at radius 1 is 1.14 bits per heavy atom. The van der Waals surface area contributed by atoms with E-state index >= 15 is 0 Å². The predicted octanol–water partition coefficient (Wildman–Crippen LogP) is 3.30. The Morgan fingerprint density at radius 2 is 1.86 bits per heavy atom. The molecule has 2 aliphatic heterocycles. The second-order valence-electron chi connectivity index (χ2n) is 7.96. The maximum absolute atomic E-state index is 12.6. The van der Waals surface area contributed by atoms with Crippen molar-refractivity contribution in [1.82, 2.24) is 9.80 Å². The van der Waals surface area contributed by atoms with Crippen LogP contribution in [0.4, 0.5) is 0 Å². The number of carbonyl (C=O) groups is 1. The first-order chi connectivity index (χ1) is 10.4. The zero-order valence-electron chi connectivity index (χ0n) is 14.1. The van der Waals surface area contributed by atoms with Gasteiger partial charge >= 0.3 is 0 Å². The predicted molar refractivity (Wildman–Crippen MR) is 89.5 cm³/mol. The van der Waals surface area contributed by atoms with Gasteiger partial charge in [-0.25, -0.2) is 0 Å². The molecule has 0 aromatic heterocycles. The van der Waals surface area contributed by atoms with Gasteiger partial charge in [0.05, 0.1) is 0 Å². The molecule has 1 amide bonds. The van der Waals surface area contributed by atoms with Crippen molar-refractivity contribution >= 4 is 5.91 Å². The molecule has 0 N–H and O–H groups in total. The molecule has 3 heteroatoms. The summed E-state index contributed by atoms with van der Waals surface area (Å²) in [5.41, 5.74) is 1.33. The van der Waals surface area contributed by atoms with E-state index in [1.807, 2.05) is 20.8 Å². The number of amides is 1. The summed E-state index contributed by atoms with van der Waals surface area (Å²) in [7, 11) is 0. The molecule has 0 aliphatic carbocycles. The molecule has 1 aromatic carbocycles. The Labute approximate surface area is 134 Å². The van der Waals surface area contributed by atoms with Crippen molar-refractivity contribution in [2.24, 2.45) is 5.41 Å². The van der Waals surface area contributed by atoms with E-state index in [0.29, 0.717) is 5.91 Å². The van der Waals surface area contributed by atoms with E-state index in [9.17, 15) is 4.79 Å². The molecule has 3 rings (SSSR count). The number of nitrogens with zero attached hydrogens (tertiary/aromatic N) is 2. The summed E-state index contributed by atoms with van der Waals surface area (Å²) in [4.78, 5) is 17.3. The van der Waals surface area contributed by atoms with E-state index in [1.54, 1.807) is 0 Å². The summed E-state index contributed by atoms with van der Waals surface area (Å²) in [6.45, 7) is 10.1. The second-order valence-corrected chi connectivity index (χ2v) is 7.96. The molecule has 22 heavy (non-hydrogen) atoms. The monoisotopic (exact) mass is 300 g/mol. The van der Waals surface area contributed by atoms with Gasteiger partial charge in [-0.1, -0.05) is 51.1 Å². The fourth-order valence-corrected chi connectivity index (χ4v) is 4.01. The molecule has 2 aliphatic rings. The lowest BCUT2D eigenvalue weighted by Crippen LogP contribution is -2.47. The third-order valence-electron chi connectivity index (χ3n) is 5.22. The number of hydrogen-bond donors (Lipinski definition) is 0. The van der Waals surface area contributed by atoms with E-state index in [-0.39, 0.29) is 11.0 Å². The molecule has 1 aromatic rings. The summed E-state index contributed by atoms with van der Waals surface area (Å²) < 4.78 is 0. The Morgan fingerprint density at radius 3 is 2.55 bits per heavy atom. The Balaban J connectivity index is 1.72. The van der Waals surface area contributed by atoms with Crippen molar-refractivity contribution < 1.29 is 4.79 Å². The average molecular weight is 300 g/mol. The van der Waals surface area contributed by atoms with Crippen LogP contribution in [0.5, 0.6) is 0 Å². The van der Waals surface area contributed by atoms with Crippen LogP contribution in [0.2, 0.25) is 0 Å². The highest BCUT2D eigenvalue weighted by Crippen LogP contribution is 2.39. The van der Waals surface area contributed by atoms with Crippen LogP contribution in [0.1, 0.15) is 45.6 Å². The summed E-state index contributed by atoms with van der Waals surface area (Å²) in [5.74, 6) is 0.302. The highest BCUT2D eigenvalue weighted by molar-refractivity contribution is 5.82. The standard InChI is InChI=1S/C19H28N2O/c1-18(2,3)17(22)20-13-11-19(15-20)10-7-12-21(19)14-16-8-5-4-6-9-16/h4-6,8-9H,7,10-15H2,1-3H3. The summed E-state index contributed by atoms with van der Waals surface area (Å²) in [6.07, 6.45) is 3.61. The number of hydrogen-bond acceptors (Lipinski definition) is 2. The fourth-order valence-electron chi connectivity index (χ4n) is 4.01. The first-order valence-corrected chi connectivity index (χ1v) is 8.49. The van der Waals surface area contributed by atoms with Gasteiger partial charge in [0, 0.05) is 30.6 Å². The van der Waals surface area contributed by atoms with Crippen LogP contribution < -0.4 is 0 Å². The lowest BCUT2D eigenvalue weighted by molar-refractivity contribution is -0.138. The van der Waals surface area contributed by atoms with Gasteiger partial charge in [-0.2, -0.15) is 0 Å². The van der Waals surface area contributed by atoms with Crippen LogP contribution >= 0.6 is 0 Å².